The number of guanidine groups is 1. The molecule has 2 N–H and O–H groups in total. The second-order valence-electron chi connectivity index (χ2n) is 7.95. The van der Waals surface area contributed by atoms with Crippen molar-refractivity contribution in [1.29, 1.82) is 0 Å². The van der Waals surface area contributed by atoms with Crippen molar-refractivity contribution in [3.8, 4) is 0 Å². The standard InChI is InChI=1S/C23H39N3O2/c1-4-23(5-2,13-15-27)19-25-22(24-6-3)26-14-12-21(16-26)18-28-17-20-10-8-7-9-11-20/h7-11,21,27H,4-6,12-19H2,1-3H3,(H,24,25). The first-order valence-electron chi connectivity index (χ1n) is 10.9. The molecule has 0 aromatic heterocycles. The quantitative estimate of drug-likeness (QED) is 0.448. The van der Waals surface area contributed by atoms with Gasteiger partial charge in [-0.15, -0.1) is 0 Å². The largest absolute Gasteiger partial charge is 0.396 e. The van der Waals surface area contributed by atoms with Gasteiger partial charge in [0.25, 0.3) is 0 Å². The fourth-order valence-electron chi connectivity index (χ4n) is 3.89. The lowest BCUT2D eigenvalue weighted by atomic mass is 9.79. The molecule has 1 unspecified atom stereocenters. The molecule has 1 aliphatic rings. The highest BCUT2D eigenvalue weighted by Gasteiger charge is 2.28. The number of nitrogens with zero attached hydrogens (tertiary/aromatic N) is 2. The van der Waals surface area contributed by atoms with E-state index < -0.39 is 0 Å². The fraction of sp³-hybridized carbons (Fsp3) is 0.696. The molecule has 1 saturated heterocycles. The Morgan fingerprint density at radius 1 is 1.25 bits per heavy atom. The maximum atomic E-state index is 9.46. The van der Waals surface area contributed by atoms with Crippen LogP contribution in [0.1, 0.15) is 52.0 Å². The third-order valence-corrected chi connectivity index (χ3v) is 6.09. The highest BCUT2D eigenvalue weighted by atomic mass is 16.5. The Morgan fingerprint density at radius 3 is 2.64 bits per heavy atom. The van der Waals surface area contributed by atoms with E-state index in [1.807, 2.05) is 6.07 Å². The van der Waals surface area contributed by atoms with Crippen molar-refractivity contribution in [3.05, 3.63) is 35.9 Å². The number of likely N-dealkylation sites (tertiary alicyclic amines) is 1. The van der Waals surface area contributed by atoms with Gasteiger partial charge in [0.2, 0.25) is 0 Å². The lowest BCUT2D eigenvalue weighted by molar-refractivity contribution is 0.0906. The number of aliphatic imine (C=N–C) groups is 1. The Morgan fingerprint density at radius 2 is 2.00 bits per heavy atom. The minimum absolute atomic E-state index is 0.105. The van der Waals surface area contributed by atoms with E-state index in [2.05, 4.69) is 55.3 Å². The van der Waals surface area contributed by atoms with Gasteiger partial charge >= 0.3 is 0 Å². The van der Waals surface area contributed by atoms with Crippen molar-refractivity contribution >= 4 is 5.96 Å². The summed E-state index contributed by atoms with van der Waals surface area (Å²) in [6.07, 6.45) is 4.05. The number of hydrogen-bond donors (Lipinski definition) is 2. The third kappa shape index (κ3) is 6.78. The Hall–Kier alpha value is -1.59. The van der Waals surface area contributed by atoms with Crippen molar-refractivity contribution in [2.45, 2.75) is 53.1 Å². The second kappa shape index (κ2) is 12.1. The lowest BCUT2D eigenvalue weighted by Gasteiger charge is -2.30. The summed E-state index contributed by atoms with van der Waals surface area (Å²) < 4.78 is 5.96. The average Bonchev–Trinajstić information content (AvgIpc) is 3.19. The molecule has 1 aromatic rings. The summed E-state index contributed by atoms with van der Waals surface area (Å²) in [5.74, 6) is 1.56. The summed E-state index contributed by atoms with van der Waals surface area (Å²) in [4.78, 5) is 7.34. The van der Waals surface area contributed by atoms with Gasteiger partial charge < -0.3 is 20.1 Å². The van der Waals surface area contributed by atoms with Crippen LogP contribution < -0.4 is 5.32 Å². The minimum Gasteiger partial charge on any atom is -0.396 e. The molecular weight excluding hydrogens is 350 g/mol. The molecule has 0 aliphatic carbocycles. The summed E-state index contributed by atoms with van der Waals surface area (Å²) in [5, 5.41) is 12.9. The SMILES string of the molecule is CCNC(=NCC(CC)(CC)CCO)N1CCC(COCc2ccccc2)C1. The molecule has 158 valence electrons. The molecule has 1 atom stereocenters. The van der Waals surface area contributed by atoms with Gasteiger partial charge in [-0.1, -0.05) is 44.2 Å². The van der Waals surface area contributed by atoms with Crippen molar-refractivity contribution in [1.82, 2.24) is 10.2 Å². The topological polar surface area (TPSA) is 57.1 Å². The van der Waals surface area contributed by atoms with Crippen LogP contribution in [0.3, 0.4) is 0 Å². The van der Waals surface area contributed by atoms with Gasteiger partial charge in [-0.3, -0.25) is 4.99 Å². The third-order valence-electron chi connectivity index (χ3n) is 6.09. The first-order chi connectivity index (χ1) is 13.7. The van der Waals surface area contributed by atoms with Crippen molar-refractivity contribution in [2.24, 2.45) is 16.3 Å². The number of hydrogen-bond acceptors (Lipinski definition) is 3. The van der Waals surface area contributed by atoms with E-state index in [0.29, 0.717) is 12.5 Å². The molecule has 1 aromatic carbocycles. The van der Waals surface area contributed by atoms with Gasteiger partial charge in [-0.25, -0.2) is 0 Å². The number of aliphatic hydroxyl groups is 1. The van der Waals surface area contributed by atoms with E-state index in [0.717, 1.165) is 64.4 Å². The Bertz CT molecular complexity index is 572. The molecule has 0 spiro atoms. The lowest BCUT2D eigenvalue weighted by Crippen LogP contribution is -2.41. The van der Waals surface area contributed by atoms with Gasteiger partial charge in [0, 0.05) is 38.7 Å². The smallest absolute Gasteiger partial charge is 0.193 e. The van der Waals surface area contributed by atoms with E-state index in [1.165, 1.54) is 5.56 Å². The molecular formula is C23H39N3O2. The normalized spacial score (nSPS) is 17.9. The number of ether oxygens (including phenoxy) is 1. The number of rotatable bonds is 11. The number of nitrogens with one attached hydrogen (secondary N) is 1. The molecule has 28 heavy (non-hydrogen) atoms. The van der Waals surface area contributed by atoms with Crippen LogP contribution in [0.25, 0.3) is 0 Å². The van der Waals surface area contributed by atoms with Crippen molar-refractivity contribution < 1.29 is 9.84 Å². The van der Waals surface area contributed by atoms with E-state index in [4.69, 9.17) is 9.73 Å². The zero-order valence-electron chi connectivity index (χ0n) is 18.0. The Kier molecular flexibility index (Phi) is 9.79. The average molecular weight is 390 g/mol. The van der Waals surface area contributed by atoms with E-state index >= 15 is 0 Å². The molecule has 1 aliphatic heterocycles. The van der Waals surface area contributed by atoms with Crippen molar-refractivity contribution in [2.75, 3.05) is 39.4 Å². The van der Waals surface area contributed by atoms with Gasteiger partial charge in [-0.05, 0) is 43.6 Å². The molecule has 0 radical (unpaired) electrons. The maximum absolute atomic E-state index is 9.46. The predicted octanol–water partition coefficient (Wildman–Crippen LogP) is 3.68. The van der Waals surface area contributed by atoms with Gasteiger partial charge in [-0.2, -0.15) is 0 Å². The molecule has 2 rings (SSSR count). The molecule has 0 bridgehead atoms. The fourth-order valence-corrected chi connectivity index (χ4v) is 3.89. The maximum Gasteiger partial charge on any atom is 0.193 e. The van der Waals surface area contributed by atoms with Crippen molar-refractivity contribution in [3.63, 3.8) is 0 Å². The zero-order valence-corrected chi connectivity index (χ0v) is 18.0. The molecule has 5 nitrogen and oxygen atoms in total. The summed E-state index contributed by atoms with van der Waals surface area (Å²) in [6.45, 7) is 11.9. The van der Waals surface area contributed by atoms with Crippen LogP contribution in [0.2, 0.25) is 0 Å². The van der Waals surface area contributed by atoms with Crippen LogP contribution in [-0.4, -0.2) is 55.4 Å². The van der Waals surface area contributed by atoms with Crippen LogP contribution in [0.15, 0.2) is 35.3 Å². The molecule has 5 heteroatoms. The monoisotopic (exact) mass is 389 g/mol. The number of benzene rings is 1. The molecule has 1 fully saturated rings. The second-order valence-corrected chi connectivity index (χ2v) is 7.95. The summed E-state index contributed by atoms with van der Waals surface area (Å²) in [5.41, 5.74) is 1.33. The Balaban J connectivity index is 1.88. The van der Waals surface area contributed by atoms with E-state index in [9.17, 15) is 5.11 Å². The first-order valence-corrected chi connectivity index (χ1v) is 10.9. The Labute approximate surface area is 171 Å². The molecule has 0 saturated carbocycles. The van der Waals surface area contributed by atoms with Gasteiger partial charge in [0.05, 0.1) is 13.2 Å². The highest BCUT2D eigenvalue weighted by molar-refractivity contribution is 5.80. The first kappa shape index (κ1) is 22.7. The van der Waals surface area contributed by atoms with Gasteiger partial charge in [0.1, 0.15) is 0 Å². The van der Waals surface area contributed by atoms with Crippen LogP contribution in [0.4, 0.5) is 0 Å². The van der Waals surface area contributed by atoms with Crippen LogP contribution in [0.5, 0.6) is 0 Å². The predicted molar refractivity (Wildman–Crippen MR) is 116 cm³/mol. The molecule has 1 heterocycles. The minimum atomic E-state index is 0.105. The van der Waals surface area contributed by atoms with E-state index in [1.54, 1.807) is 0 Å². The zero-order chi connectivity index (χ0) is 20.2. The van der Waals surface area contributed by atoms with Gasteiger partial charge in [0.15, 0.2) is 5.96 Å². The summed E-state index contributed by atoms with van der Waals surface area (Å²) in [6, 6.07) is 10.4. The molecule has 0 amide bonds. The number of aliphatic hydroxyl groups excluding tert-OH is 1. The summed E-state index contributed by atoms with van der Waals surface area (Å²) >= 11 is 0. The highest BCUT2D eigenvalue weighted by Crippen LogP contribution is 2.31. The van der Waals surface area contributed by atoms with Crippen LogP contribution in [-0.2, 0) is 11.3 Å². The summed E-state index contributed by atoms with van der Waals surface area (Å²) in [7, 11) is 0. The van der Waals surface area contributed by atoms with E-state index in [-0.39, 0.29) is 12.0 Å². The van der Waals surface area contributed by atoms with Crippen LogP contribution in [0, 0.1) is 11.3 Å². The van der Waals surface area contributed by atoms with Crippen LogP contribution >= 0.6 is 0 Å².